The molecular formula is C21H23N5O3. The van der Waals surface area contributed by atoms with Crippen LogP contribution in [-0.4, -0.2) is 40.2 Å². The van der Waals surface area contributed by atoms with Gasteiger partial charge in [-0.3, -0.25) is 24.7 Å². The van der Waals surface area contributed by atoms with E-state index in [0.717, 1.165) is 16.8 Å². The Morgan fingerprint density at radius 3 is 2.83 bits per heavy atom. The third-order valence-electron chi connectivity index (χ3n) is 5.43. The molecule has 2 unspecified atom stereocenters. The van der Waals surface area contributed by atoms with Gasteiger partial charge in [0.1, 0.15) is 6.04 Å². The van der Waals surface area contributed by atoms with Gasteiger partial charge in [0, 0.05) is 37.8 Å². The predicted octanol–water partition coefficient (Wildman–Crippen LogP) is 0.632. The number of amides is 3. The largest absolute Gasteiger partial charge is 0.322 e. The van der Waals surface area contributed by atoms with E-state index in [1.54, 1.807) is 17.2 Å². The van der Waals surface area contributed by atoms with Gasteiger partial charge in [0.2, 0.25) is 11.8 Å². The molecule has 0 aliphatic carbocycles. The van der Waals surface area contributed by atoms with E-state index in [9.17, 15) is 14.4 Å². The van der Waals surface area contributed by atoms with Crippen LogP contribution in [0.15, 0.2) is 42.6 Å². The van der Waals surface area contributed by atoms with Crippen molar-refractivity contribution in [2.24, 2.45) is 5.73 Å². The molecule has 4 N–H and O–H groups in total. The topological polar surface area (TPSA) is 117 Å². The van der Waals surface area contributed by atoms with Crippen molar-refractivity contribution in [2.45, 2.75) is 38.0 Å². The predicted molar refractivity (Wildman–Crippen MR) is 105 cm³/mol. The normalized spacial score (nSPS) is 19.8. The van der Waals surface area contributed by atoms with E-state index in [2.05, 4.69) is 15.6 Å². The van der Waals surface area contributed by atoms with Gasteiger partial charge in [-0.2, -0.15) is 0 Å². The summed E-state index contributed by atoms with van der Waals surface area (Å²) in [4.78, 5) is 42.3. The number of pyridine rings is 1. The molecule has 0 radical (unpaired) electrons. The van der Waals surface area contributed by atoms with E-state index in [-0.39, 0.29) is 24.3 Å². The van der Waals surface area contributed by atoms with Crippen molar-refractivity contribution in [1.82, 2.24) is 20.5 Å². The first-order valence-electron chi connectivity index (χ1n) is 9.67. The van der Waals surface area contributed by atoms with Crippen LogP contribution < -0.4 is 16.4 Å². The zero-order chi connectivity index (χ0) is 20.4. The number of fused-ring (bicyclic) bond motifs is 1. The van der Waals surface area contributed by atoms with Crippen LogP contribution in [0.5, 0.6) is 0 Å². The van der Waals surface area contributed by atoms with Gasteiger partial charge in [0.05, 0.1) is 11.7 Å². The molecule has 1 fully saturated rings. The van der Waals surface area contributed by atoms with Gasteiger partial charge in [-0.05, 0) is 35.7 Å². The highest BCUT2D eigenvalue weighted by Gasteiger charge is 2.39. The first-order valence-corrected chi connectivity index (χ1v) is 9.67. The molecule has 1 aromatic carbocycles. The number of carbonyl (C=O) groups excluding carboxylic acids is 3. The number of nitrogens with two attached hydrogens (primary N) is 1. The molecule has 0 saturated carbocycles. The number of nitrogens with zero attached hydrogens (tertiary/aromatic N) is 2. The molecule has 3 heterocycles. The second-order valence-electron chi connectivity index (χ2n) is 7.34. The fraction of sp³-hybridized carbons (Fsp3) is 0.333. The summed E-state index contributed by atoms with van der Waals surface area (Å²) in [6.07, 6.45) is 2.32. The number of nitrogens with one attached hydrogen (secondary N) is 2. The van der Waals surface area contributed by atoms with Crippen LogP contribution >= 0.6 is 0 Å². The minimum Gasteiger partial charge on any atom is -0.322 e. The summed E-state index contributed by atoms with van der Waals surface area (Å²) >= 11 is 0. The Kier molecular flexibility index (Phi) is 5.37. The minimum atomic E-state index is -0.606. The summed E-state index contributed by atoms with van der Waals surface area (Å²) in [6, 6.07) is 10.4. The summed E-state index contributed by atoms with van der Waals surface area (Å²) in [6.45, 7) is 1.47. The highest BCUT2D eigenvalue weighted by molar-refractivity contribution is 6.05. The van der Waals surface area contributed by atoms with Gasteiger partial charge in [-0.25, -0.2) is 0 Å². The SMILES string of the molecule is NC(CNCc1cccc2c1CN(C1CCC(=O)NC1=O)C2=O)c1ccccn1. The molecule has 1 saturated heterocycles. The average molecular weight is 393 g/mol. The number of rotatable bonds is 6. The summed E-state index contributed by atoms with van der Waals surface area (Å²) in [5.41, 5.74) is 9.53. The zero-order valence-electron chi connectivity index (χ0n) is 15.9. The molecule has 0 spiro atoms. The zero-order valence-corrected chi connectivity index (χ0v) is 15.9. The molecule has 3 amide bonds. The summed E-state index contributed by atoms with van der Waals surface area (Å²) in [5, 5.41) is 5.66. The van der Waals surface area contributed by atoms with Crippen LogP contribution in [0.1, 0.15) is 46.1 Å². The van der Waals surface area contributed by atoms with Gasteiger partial charge in [-0.1, -0.05) is 18.2 Å². The van der Waals surface area contributed by atoms with Crippen molar-refractivity contribution in [1.29, 1.82) is 0 Å². The first-order chi connectivity index (χ1) is 14.0. The van der Waals surface area contributed by atoms with Crippen molar-refractivity contribution in [3.63, 3.8) is 0 Å². The molecule has 2 aliphatic heterocycles. The fourth-order valence-electron chi connectivity index (χ4n) is 3.88. The molecule has 8 nitrogen and oxygen atoms in total. The van der Waals surface area contributed by atoms with Gasteiger partial charge in [-0.15, -0.1) is 0 Å². The maximum Gasteiger partial charge on any atom is 0.255 e. The highest BCUT2D eigenvalue weighted by atomic mass is 16.2. The standard InChI is InChI=1S/C21H23N5O3/c22-16(17-6-1-2-9-24-17)11-23-10-13-4-3-5-14-15(13)12-26(21(14)29)18-7-8-19(27)25-20(18)28/h1-6,9,16,18,23H,7-8,10-12,22H2,(H,25,27,28). The van der Waals surface area contributed by atoms with Crippen molar-refractivity contribution >= 4 is 17.7 Å². The second-order valence-corrected chi connectivity index (χ2v) is 7.34. The third-order valence-corrected chi connectivity index (χ3v) is 5.43. The molecule has 2 aliphatic rings. The van der Waals surface area contributed by atoms with E-state index in [4.69, 9.17) is 5.73 Å². The van der Waals surface area contributed by atoms with E-state index in [0.29, 0.717) is 31.6 Å². The van der Waals surface area contributed by atoms with Crippen molar-refractivity contribution in [3.8, 4) is 0 Å². The summed E-state index contributed by atoms with van der Waals surface area (Å²) in [5.74, 6) is -0.852. The van der Waals surface area contributed by atoms with Crippen molar-refractivity contribution in [3.05, 3.63) is 65.0 Å². The lowest BCUT2D eigenvalue weighted by Crippen LogP contribution is -2.52. The molecule has 1 aromatic heterocycles. The third kappa shape index (κ3) is 3.90. The summed E-state index contributed by atoms with van der Waals surface area (Å²) in [7, 11) is 0. The Hall–Kier alpha value is -3.10. The van der Waals surface area contributed by atoms with Crippen LogP contribution in [-0.2, 0) is 22.7 Å². The number of hydrogen-bond donors (Lipinski definition) is 3. The van der Waals surface area contributed by atoms with Gasteiger partial charge >= 0.3 is 0 Å². The Bertz CT molecular complexity index is 947. The monoisotopic (exact) mass is 393 g/mol. The van der Waals surface area contributed by atoms with Crippen molar-refractivity contribution in [2.75, 3.05) is 6.54 Å². The Balaban J connectivity index is 1.43. The average Bonchev–Trinajstić information content (AvgIpc) is 3.06. The van der Waals surface area contributed by atoms with E-state index in [1.165, 1.54) is 0 Å². The maximum atomic E-state index is 12.9. The van der Waals surface area contributed by atoms with Crippen LogP contribution in [0.25, 0.3) is 0 Å². The van der Waals surface area contributed by atoms with Crippen LogP contribution in [0.4, 0.5) is 0 Å². The Labute approximate surface area is 168 Å². The number of aromatic nitrogens is 1. The lowest BCUT2D eigenvalue weighted by Gasteiger charge is -2.29. The Morgan fingerprint density at radius 2 is 2.07 bits per heavy atom. The molecule has 2 atom stereocenters. The minimum absolute atomic E-state index is 0.165. The molecular weight excluding hydrogens is 370 g/mol. The number of piperidine rings is 1. The van der Waals surface area contributed by atoms with Gasteiger partial charge in [0.15, 0.2) is 0 Å². The molecule has 4 rings (SSSR count). The number of imide groups is 1. The molecule has 2 aromatic rings. The van der Waals surface area contributed by atoms with E-state index >= 15 is 0 Å². The molecule has 8 heteroatoms. The lowest BCUT2D eigenvalue weighted by molar-refractivity contribution is -0.136. The van der Waals surface area contributed by atoms with Crippen LogP contribution in [0.2, 0.25) is 0 Å². The van der Waals surface area contributed by atoms with E-state index < -0.39 is 11.9 Å². The maximum absolute atomic E-state index is 12.9. The quantitative estimate of drug-likeness (QED) is 0.620. The molecule has 29 heavy (non-hydrogen) atoms. The summed E-state index contributed by atoms with van der Waals surface area (Å²) < 4.78 is 0. The molecule has 150 valence electrons. The van der Waals surface area contributed by atoms with Crippen LogP contribution in [0.3, 0.4) is 0 Å². The second kappa shape index (κ2) is 8.10. The lowest BCUT2D eigenvalue weighted by atomic mass is 10.0. The molecule has 0 bridgehead atoms. The van der Waals surface area contributed by atoms with E-state index in [1.807, 2.05) is 30.3 Å². The smallest absolute Gasteiger partial charge is 0.255 e. The van der Waals surface area contributed by atoms with Crippen molar-refractivity contribution < 1.29 is 14.4 Å². The number of hydrogen-bond acceptors (Lipinski definition) is 6. The first kappa shape index (κ1) is 19.2. The van der Waals surface area contributed by atoms with Crippen LogP contribution in [0, 0.1) is 0 Å². The highest BCUT2D eigenvalue weighted by Crippen LogP contribution is 2.29. The number of benzene rings is 1. The van der Waals surface area contributed by atoms with Gasteiger partial charge < -0.3 is 16.0 Å². The fourth-order valence-corrected chi connectivity index (χ4v) is 3.88. The number of carbonyl (C=O) groups is 3. The Morgan fingerprint density at radius 1 is 1.21 bits per heavy atom. The van der Waals surface area contributed by atoms with Gasteiger partial charge in [0.25, 0.3) is 5.91 Å².